The molecule has 0 aliphatic heterocycles. The molecule has 1 amide bonds. The average Bonchev–Trinajstić information content (AvgIpc) is 2.77. The summed E-state index contributed by atoms with van der Waals surface area (Å²) in [4.78, 5) is 25.1. The summed E-state index contributed by atoms with van der Waals surface area (Å²) in [6, 6.07) is 22.8. The Morgan fingerprint density at radius 1 is 1.03 bits per heavy atom. The van der Waals surface area contributed by atoms with Crippen LogP contribution in [0.25, 0.3) is 0 Å². The molecule has 0 radical (unpaired) electrons. The van der Waals surface area contributed by atoms with Crippen LogP contribution in [0.4, 0.5) is 5.69 Å². The van der Waals surface area contributed by atoms with Crippen molar-refractivity contribution in [3.05, 3.63) is 106 Å². The predicted molar refractivity (Wildman–Crippen MR) is 111 cm³/mol. The Hall–Kier alpha value is -3.67. The van der Waals surface area contributed by atoms with Crippen molar-refractivity contribution in [2.24, 2.45) is 0 Å². The van der Waals surface area contributed by atoms with E-state index in [0.717, 1.165) is 5.56 Å². The molecule has 6 nitrogen and oxygen atoms in total. The average molecular weight is 390 g/mol. The Kier molecular flexibility index (Phi) is 6.24. The van der Waals surface area contributed by atoms with Crippen LogP contribution < -0.4 is 4.74 Å². The minimum Gasteiger partial charge on any atom is -0.489 e. The third kappa shape index (κ3) is 4.99. The summed E-state index contributed by atoms with van der Waals surface area (Å²) in [5, 5.41) is 11.0. The Morgan fingerprint density at radius 3 is 2.48 bits per heavy atom. The van der Waals surface area contributed by atoms with Gasteiger partial charge in [0.25, 0.3) is 11.6 Å². The van der Waals surface area contributed by atoms with E-state index in [0.29, 0.717) is 23.5 Å². The maximum atomic E-state index is 12.9. The SMILES string of the molecule is CC(c1cccc([N+](=O)[O-])c1)N(C)C(=O)c1cccc(OCc2ccccc2)c1. The van der Waals surface area contributed by atoms with Gasteiger partial charge in [0.1, 0.15) is 12.4 Å². The topological polar surface area (TPSA) is 72.7 Å². The Labute approximate surface area is 169 Å². The lowest BCUT2D eigenvalue weighted by Gasteiger charge is -2.25. The van der Waals surface area contributed by atoms with Crippen LogP contribution in [0.15, 0.2) is 78.9 Å². The number of benzene rings is 3. The van der Waals surface area contributed by atoms with Crippen molar-refractivity contribution in [1.82, 2.24) is 4.90 Å². The molecule has 3 aromatic carbocycles. The summed E-state index contributed by atoms with van der Waals surface area (Å²) in [6.45, 7) is 2.26. The molecule has 6 heteroatoms. The van der Waals surface area contributed by atoms with Crippen molar-refractivity contribution in [1.29, 1.82) is 0 Å². The molecule has 29 heavy (non-hydrogen) atoms. The van der Waals surface area contributed by atoms with Crippen LogP contribution in [0.3, 0.4) is 0 Å². The molecule has 0 aromatic heterocycles. The molecule has 0 spiro atoms. The second-order valence-electron chi connectivity index (χ2n) is 6.75. The predicted octanol–water partition coefficient (Wildman–Crippen LogP) is 5.01. The summed E-state index contributed by atoms with van der Waals surface area (Å²) < 4.78 is 5.80. The molecule has 3 aromatic rings. The summed E-state index contributed by atoms with van der Waals surface area (Å²) >= 11 is 0. The zero-order chi connectivity index (χ0) is 20.8. The number of ether oxygens (including phenoxy) is 1. The van der Waals surface area contributed by atoms with Crippen molar-refractivity contribution < 1.29 is 14.5 Å². The lowest BCUT2D eigenvalue weighted by Crippen LogP contribution is -2.29. The first kappa shape index (κ1) is 20.1. The summed E-state index contributed by atoms with van der Waals surface area (Å²) in [7, 11) is 1.68. The second-order valence-corrected chi connectivity index (χ2v) is 6.75. The maximum Gasteiger partial charge on any atom is 0.269 e. The first-order chi connectivity index (χ1) is 14.0. The lowest BCUT2D eigenvalue weighted by molar-refractivity contribution is -0.384. The van der Waals surface area contributed by atoms with Crippen molar-refractivity contribution >= 4 is 11.6 Å². The van der Waals surface area contributed by atoms with Gasteiger partial charge in [-0.05, 0) is 36.2 Å². The molecule has 0 fully saturated rings. The van der Waals surface area contributed by atoms with Gasteiger partial charge >= 0.3 is 0 Å². The molecule has 1 atom stereocenters. The van der Waals surface area contributed by atoms with Crippen LogP contribution in [0, 0.1) is 10.1 Å². The summed E-state index contributed by atoms with van der Waals surface area (Å²) in [6.07, 6.45) is 0. The van der Waals surface area contributed by atoms with Gasteiger partial charge in [-0.3, -0.25) is 14.9 Å². The first-order valence-corrected chi connectivity index (χ1v) is 9.24. The smallest absolute Gasteiger partial charge is 0.269 e. The van der Waals surface area contributed by atoms with Crippen molar-refractivity contribution in [2.45, 2.75) is 19.6 Å². The van der Waals surface area contributed by atoms with Gasteiger partial charge < -0.3 is 9.64 Å². The third-order valence-electron chi connectivity index (χ3n) is 4.79. The van der Waals surface area contributed by atoms with E-state index in [9.17, 15) is 14.9 Å². The number of nitro benzene ring substituents is 1. The van der Waals surface area contributed by atoms with Gasteiger partial charge in [-0.2, -0.15) is 0 Å². The van der Waals surface area contributed by atoms with Crippen LogP contribution >= 0.6 is 0 Å². The normalized spacial score (nSPS) is 11.5. The molecular weight excluding hydrogens is 368 g/mol. The molecule has 0 saturated carbocycles. The molecule has 0 N–H and O–H groups in total. The molecule has 0 saturated heterocycles. The fourth-order valence-corrected chi connectivity index (χ4v) is 2.96. The highest BCUT2D eigenvalue weighted by atomic mass is 16.6. The Balaban J connectivity index is 1.72. The number of carbonyl (C=O) groups is 1. The molecular formula is C23H22N2O4. The van der Waals surface area contributed by atoms with E-state index in [1.54, 1.807) is 42.3 Å². The molecule has 148 valence electrons. The number of hydrogen-bond donors (Lipinski definition) is 0. The van der Waals surface area contributed by atoms with Crippen molar-refractivity contribution in [3.63, 3.8) is 0 Å². The van der Waals surface area contributed by atoms with E-state index in [2.05, 4.69) is 0 Å². The van der Waals surface area contributed by atoms with Crippen molar-refractivity contribution in [3.8, 4) is 5.75 Å². The highest BCUT2D eigenvalue weighted by Gasteiger charge is 2.21. The molecule has 1 unspecified atom stereocenters. The number of nitro groups is 1. The number of rotatable bonds is 7. The summed E-state index contributed by atoms with van der Waals surface area (Å²) in [5.41, 5.74) is 2.24. The minimum absolute atomic E-state index is 0.00603. The summed E-state index contributed by atoms with van der Waals surface area (Å²) in [5.74, 6) is 0.422. The Bertz CT molecular complexity index is 1000. The van der Waals surface area contributed by atoms with E-state index >= 15 is 0 Å². The van der Waals surface area contributed by atoms with Crippen LogP contribution in [0.5, 0.6) is 5.75 Å². The highest BCUT2D eigenvalue weighted by Crippen LogP contribution is 2.25. The molecule has 0 heterocycles. The monoisotopic (exact) mass is 390 g/mol. The first-order valence-electron chi connectivity index (χ1n) is 9.24. The molecule has 0 bridgehead atoms. The van der Waals surface area contributed by atoms with E-state index in [1.165, 1.54) is 12.1 Å². The van der Waals surface area contributed by atoms with Gasteiger partial charge in [-0.25, -0.2) is 0 Å². The molecule has 0 aliphatic rings. The largest absolute Gasteiger partial charge is 0.489 e. The fourth-order valence-electron chi connectivity index (χ4n) is 2.96. The van der Waals surface area contributed by atoms with E-state index < -0.39 is 4.92 Å². The fraction of sp³-hybridized carbons (Fsp3) is 0.174. The van der Waals surface area contributed by atoms with Gasteiger partial charge in [0.2, 0.25) is 0 Å². The third-order valence-corrected chi connectivity index (χ3v) is 4.79. The second kappa shape index (κ2) is 9.01. The lowest BCUT2D eigenvalue weighted by atomic mass is 10.1. The highest BCUT2D eigenvalue weighted by molar-refractivity contribution is 5.94. The zero-order valence-corrected chi connectivity index (χ0v) is 16.3. The van der Waals surface area contributed by atoms with Crippen LogP contribution in [-0.4, -0.2) is 22.8 Å². The number of carbonyl (C=O) groups excluding carboxylic acids is 1. The van der Waals surface area contributed by atoms with Crippen LogP contribution in [0.2, 0.25) is 0 Å². The van der Waals surface area contributed by atoms with Gasteiger partial charge in [-0.1, -0.05) is 48.5 Å². The number of non-ortho nitro benzene ring substituents is 1. The van der Waals surface area contributed by atoms with Gasteiger partial charge in [0.05, 0.1) is 11.0 Å². The molecule has 3 rings (SSSR count). The Morgan fingerprint density at radius 2 is 1.76 bits per heavy atom. The zero-order valence-electron chi connectivity index (χ0n) is 16.3. The number of nitrogens with zero attached hydrogens (tertiary/aromatic N) is 2. The van der Waals surface area contributed by atoms with Gasteiger partial charge in [0, 0.05) is 24.7 Å². The van der Waals surface area contributed by atoms with E-state index in [4.69, 9.17) is 4.74 Å². The van der Waals surface area contributed by atoms with E-state index in [-0.39, 0.29) is 17.6 Å². The standard InChI is InChI=1S/C23H22N2O4/c1-17(19-10-6-12-21(14-19)25(27)28)24(2)23(26)20-11-7-13-22(15-20)29-16-18-8-4-3-5-9-18/h3-15,17H,16H2,1-2H3. The quantitative estimate of drug-likeness (QED) is 0.420. The minimum atomic E-state index is -0.439. The van der Waals surface area contributed by atoms with Crippen molar-refractivity contribution in [2.75, 3.05) is 7.05 Å². The number of hydrogen-bond acceptors (Lipinski definition) is 4. The maximum absolute atomic E-state index is 12.9. The van der Waals surface area contributed by atoms with E-state index in [1.807, 2.05) is 43.3 Å². The van der Waals surface area contributed by atoms with Gasteiger partial charge in [-0.15, -0.1) is 0 Å². The number of amides is 1. The van der Waals surface area contributed by atoms with Gasteiger partial charge in [0.15, 0.2) is 0 Å². The van der Waals surface area contributed by atoms with Crippen LogP contribution in [0.1, 0.15) is 34.5 Å². The van der Waals surface area contributed by atoms with Crippen LogP contribution in [-0.2, 0) is 6.61 Å². The molecule has 0 aliphatic carbocycles.